The number of nitrogens with one attached hydrogen (secondary N) is 2. The summed E-state index contributed by atoms with van der Waals surface area (Å²) in [5.74, 6) is -0.955. The van der Waals surface area contributed by atoms with Crippen LogP contribution in [0.15, 0.2) is 24.3 Å². The van der Waals surface area contributed by atoms with Gasteiger partial charge in [-0.25, -0.2) is 9.18 Å². The van der Waals surface area contributed by atoms with E-state index >= 15 is 0 Å². The highest BCUT2D eigenvalue weighted by atomic mass is 19.1. The van der Waals surface area contributed by atoms with E-state index in [-0.39, 0.29) is 17.6 Å². The highest BCUT2D eigenvalue weighted by molar-refractivity contribution is 5.94. The molecule has 1 saturated carbocycles. The molecule has 1 aromatic carbocycles. The minimum atomic E-state index is -1.02. The Balaban J connectivity index is 1.85. The van der Waals surface area contributed by atoms with E-state index in [2.05, 4.69) is 10.6 Å². The van der Waals surface area contributed by atoms with Crippen molar-refractivity contribution in [3.63, 3.8) is 0 Å². The van der Waals surface area contributed by atoms with E-state index in [1.807, 2.05) is 0 Å². The normalized spacial score (nSPS) is 22.1. The molecule has 0 spiro atoms. The molecule has 0 radical (unpaired) electrons. The molecule has 0 heterocycles. The number of hydrogen-bond acceptors (Lipinski definition) is 2. The van der Waals surface area contributed by atoms with Gasteiger partial charge in [0.15, 0.2) is 0 Å². The summed E-state index contributed by atoms with van der Waals surface area (Å²) in [6.07, 6.45) is 1.70. The molecule has 0 unspecified atom stereocenters. The van der Waals surface area contributed by atoms with Gasteiger partial charge in [0.25, 0.3) is 5.91 Å². The summed E-state index contributed by atoms with van der Waals surface area (Å²) >= 11 is 0. The van der Waals surface area contributed by atoms with Crippen molar-refractivity contribution in [3.8, 4) is 0 Å². The summed E-state index contributed by atoms with van der Waals surface area (Å²) < 4.78 is 13.5. The first kappa shape index (κ1) is 14.3. The van der Waals surface area contributed by atoms with Crippen molar-refractivity contribution in [3.05, 3.63) is 35.6 Å². The Morgan fingerprint density at radius 1 is 1.05 bits per heavy atom. The summed E-state index contributed by atoms with van der Waals surface area (Å²) in [6, 6.07) is 5.76. The Hall–Kier alpha value is -2.11. The molecular weight excluding hydrogens is 263 g/mol. The lowest BCUT2D eigenvalue weighted by Gasteiger charge is -2.28. The fourth-order valence-corrected chi connectivity index (χ4v) is 2.47. The van der Waals surface area contributed by atoms with E-state index in [0.717, 1.165) is 0 Å². The number of amides is 2. The standard InChI is InChI=1S/C14H17FN2O3/c15-12-4-2-1-3-11(12)13(18)16-9-5-7-10(8-6-9)17-14(19)20/h1-4,9-10,17H,5-8H2,(H,16,18)(H,19,20)/t9-,10-. The number of carbonyl (C=O) groups is 2. The van der Waals surface area contributed by atoms with Crippen LogP contribution in [-0.2, 0) is 0 Å². The van der Waals surface area contributed by atoms with Gasteiger partial charge in [-0.3, -0.25) is 4.79 Å². The molecular formula is C14H17FN2O3. The zero-order chi connectivity index (χ0) is 14.5. The molecule has 2 amide bonds. The summed E-state index contributed by atoms with van der Waals surface area (Å²) in [4.78, 5) is 22.5. The fraction of sp³-hybridized carbons (Fsp3) is 0.429. The molecule has 1 aliphatic carbocycles. The lowest BCUT2D eigenvalue weighted by molar-refractivity contribution is 0.0919. The van der Waals surface area contributed by atoms with E-state index < -0.39 is 17.8 Å². The number of hydrogen-bond donors (Lipinski definition) is 3. The van der Waals surface area contributed by atoms with Crippen molar-refractivity contribution in [1.82, 2.24) is 10.6 Å². The number of halogens is 1. The maximum Gasteiger partial charge on any atom is 0.404 e. The molecule has 5 nitrogen and oxygen atoms in total. The molecule has 108 valence electrons. The Morgan fingerprint density at radius 3 is 2.15 bits per heavy atom. The summed E-state index contributed by atoms with van der Waals surface area (Å²) in [5.41, 5.74) is 0.0401. The van der Waals surface area contributed by atoms with Gasteiger partial charge in [0.05, 0.1) is 5.56 Å². The Morgan fingerprint density at radius 2 is 1.60 bits per heavy atom. The predicted octanol–water partition coefficient (Wildman–Crippen LogP) is 2.13. The first-order chi connectivity index (χ1) is 9.56. The van der Waals surface area contributed by atoms with Gasteiger partial charge in [0.2, 0.25) is 0 Å². The molecule has 1 fully saturated rings. The van der Waals surface area contributed by atoms with Crippen molar-refractivity contribution in [2.24, 2.45) is 0 Å². The minimum absolute atomic E-state index is 0.0334. The third-order valence-corrected chi connectivity index (χ3v) is 3.51. The summed E-state index contributed by atoms with van der Waals surface area (Å²) in [6.45, 7) is 0. The lowest BCUT2D eigenvalue weighted by Crippen LogP contribution is -2.43. The minimum Gasteiger partial charge on any atom is -0.465 e. The van der Waals surface area contributed by atoms with E-state index in [4.69, 9.17) is 5.11 Å². The maximum absolute atomic E-state index is 13.5. The van der Waals surface area contributed by atoms with E-state index in [0.29, 0.717) is 25.7 Å². The van der Waals surface area contributed by atoms with E-state index in [1.54, 1.807) is 6.07 Å². The molecule has 20 heavy (non-hydrogen) atoms. The molecule has 0 aliphatic heterocycles. The number of carbonyl (C=O) groups excluding carboxylic acids is 1. The third kappa shape index (κ3) is 3.69. The van der Waals surface area contributed by atoms with Gasteiger partial charge in [-0.05, 0) is 37.8 Å². The van der Waals surface area contributed by atoms with Gasteiger partial charge in [0.1, 0.15) is 5.82 Å². The van der Waals surface area contributed by atoms with Crippen molar-refractivity contribution in [2.45, 2.75) is 37.8 Å². The van der Waals surface area contributed by atoms with Gasteiger partial charge in [-0.2, -0.15) is 0 Å². The molecule has 1 aliphatic rings. The van der Waals surface area contributed by atoms with Crippen LogP contribution in [0.2, 0.25) is 0 Å². The lowest BCUT2D eigenvalue weighted by atomic mass is 9.91. The second-order valence-corrected chi connectivity index (χ2v) is 4.95. The van der Waals surface area contributed by atoms with Crippen LogP contribution in [0.3, 0.4) is 0 Å². The van der Waals surface area contributed by atoms with E-state index in [9.17, 15) is 14.0 Å². The predicted molar refractivity (Wildman–Crippen MR) is 71.1 cm³/mol. The second-order valence-electron chi connectivity index (χ2n) is 4.95. The second kappa shape index (κ2) is 6.36. The first-order valence-electron chi connectivity index (χ1n) is 6.61. The molecule has 0 saturated heterocycles. The van der Waals surface area contributed by atoms with Crippen LogP contribution >= 0.6 is 0 Å². The summed E-state index contributed by atoms with van der Waals surface area (Å²) in [7, 11) is 0. The molecule has 1 aromatic rings. The smallest absolute Gasteiger partial charge is 0.404 e. The molecule has 0 atom stereocenters. The van der Waals surface area contributed by atoms with Gasteiger partial charge >= 0.3 is 6.09 Å². The molecule has 6 heteroatoms. The molecule has 3 N–H and O–H groups in total. The fourth-order valence-electron chi connectivity index (χ4n) is 2.47. The van der Waals surface area contributed by atoms with Gasteiger partial charge in [0, 0.05) is 12.1 Å². The molecule has 0 bridgehead atoms. The van der Waals surface area contributed by atoms with Crippen LogP contribution in [0.1, 0.15) is 36.0 Å². The topological polar surface area (TPSA) is 78.4 Å². The Bertz CT molecular complexity index is 499. The van der Waals surface area contributed by atoms with Gasteiger partial charge in [-0.1, -0.05) is 12.1 Å². The van der Waals surface area contributed by atoms with Crippen molar-refractivity contribution >= 4 is 12.0 Å². The molecule has 2 rings (SSSR count). The number of benzene rings is 1. The van der Waals surface area contributed by atoms with Gasteiger partial charge < -0.3 is 15.7 Å². The highest BCUT2D eigenvalue weighted by Gasteiger charge is 2.24. The van der Waals surface area contributed by atoms with Crippen molar-refractivity contribution in [2.75, 3.05) is 0 Å². The van der Waals surface area contributed by atoms with Crippen LogP contribution in [0.5, 0.6) is 0 Å². The van der Waals surface area contributed by atoms with Crippen molar-refractivity contribution < 1.29 is 19.1 Å². The van der Waals surface area contributed by atoms with Crippen molar-refractivity contribution in [1.29, 1.82) is 0 Å². The van der Waals surface area contributed by atoms with Crippen LogP contribution < -0.4 is 10.6 Å². The van der Waals surface area contributed by atoms with Gasteiger partial charge in [-0.15, -0.1) is 0 Å². The largest absolute Gasteiger partial charge is 0.465 e. The Labute approximate surface area is 116 Å². The van der Waals surface area contributed by atoms with Crippen LogP contribution in [0.4, 0.5) is 9.18 Å². The third-order valence-electron chi connectivity index (χ3n) is 3.51. The average Bonchev–Trinajstić information content (AvgIpc) is 2.41. The summed E-state index contributed by atoms with van der Waals surface area (Å²) in [5, 5.41) is 13.9. The quantitative estimate of drug-likeness (QED) is 0.793. The molecule has 0 aromatic heterocycles. The maximum atomic E-state index is 13.5. The first-order valence-corrected chi connectivity index (χ1v) is 6.61. The van der Waals surface area contributed by atoms with Crippen LogP contribution in [0, 0.1) is 5.82 Å². The highest BCUT2D eigenvalue weighted by Crippen LogP contribution is 2.19. The SMILES string of the molecule is O=C(O)N[C@H]1CC[C@H](NC(=O)c2ccccc2F)CC1. The Kier molecular flexibility index (Phi) is 4.55. The number of carboxylic acid groups (broad SMARTS) is 1. The monoisotopic (exact) mass is 280 g/mol. The van der Waals surface area contributed by atoms with Crippen LogP contribution in [-0.4, -0.2) is 29.2 Å². The zero-order valence-electron chi connectivity index (χ0n) is 10.9. The van der Waals surface area contributed by atoms with E-state index in [1.165, 1.54) is 18.2 Å². The van der Waals surface area contributed by atoms with Crippen LogP contribution in [0.25, 0.3) is 0 Å². The average molecular weight is 280 g/mol. The number of rotatable bonds is 3. The zero-order valence-corrected chi connectivity index (χ0v) is 10.9.